The molecule has 1 fully saturated rings. The van der Waals surface area contributed by atoms with E-state index in [1.54, 1.807) is 0 Å². The first kappa shape index (κ1) is 12.0. The summed E-state index contributed by atoms with van der Waals surface area (Å²) in [6.45, 7) is -0.283. The van der Waals surface area contributed by atoms with Gasteiger partial charge in [-0.3, -0.25) is 9.98 Å². The Morgan fingerprint density at radius 2 is 2.35 bits per heavy atom. The third-order valence-corrected chi connectivity index (χ3v) is 2.64. The molecule has 17 heavy (non-hydrogen) atoms. The molecule has 0 aliphatic carbocycles. The molecular weight excluding hydrogens is 233 g/mol. The number of aliphatic hydroxyl groups is 2. The van der Waals surface area contributed by atoms with Crippen LogP contribution in [0.25, 0.3) is 0 Å². The maximum Gasteiger partial charge on any atom is 0.360 e. The maximum absolute atomic E-state index is 13.2. The van der Waals surface area contributed by atoms with Crippen molar-refractivity contribution < 1.29 is 19.4 Å². The van der Waals surface area contributed by atoms with E-state index >= 15 is 0 Å². The molecule has 7 nitrogen and oxygen atoms in total. The fourth-order valence-corrected chi connectivity index (χ4v) is 1.78. The summed E-state index contributed by atoms with van der Waals surface area (Å²) in [6.07, 6.45) is -1.27. The van der Waals surface area contributed by atoms with Crippen LogP contribution >= 0.6 is 0 Å². The lowest BCUT2D eigenvalue weighted by Gasteiger charge is -2.17. The lowest BCUT2D eigenvalue weighted by molar-refractivity contribution is -0.0547. The van der Waals surface area contributed by atoms with E-state index in [0.717, 1.165) is 10.6 Å². The molecule has 1 aromatic heterocycles. The highest BCUT2D eigenvalue weighted by Crippen LogP contribution is 2.27. The number of ether oxygens (including phenoxy) is 1. The molecule has 0 unspecified atom stereocenters. The van der Waals surface area contributed by atoms with Crippen LogP contribution in [0.4, 0.5) is 4.48 Å². The van der Waals surface area contributed by atoms with Gasteiger partial charge < -0.3 is 14.9 Å². The second-order valence-corrected chi connectivity index (χ2v) is 3.81. The fraction of sp³-hybridized carbons (Fsp3) is 0.556. The smallest absolute Gasteiger partial charge is 0.360 e. The van der Waals surface area contributed by atoms with Gasteiger partial charge in [-0.25, -0.2) is 4.79 Å². The summed E-state index contributed by atoms with van der Waals surface area (Å²) in [5.41, 5.74) is -1.68. The summed E-state index contributed by atoms with van der Waals surface area (Å²) in [6, 6.07) is 1.07. The van der Waals surface area contributed by atoms with Gasteiger partial charge >= 0.3 is 5.69 Å². The van der Waals surface area contributed by atoms with Gasteiger partial charge in [-0.05, 0) is 6.07 Å². The van der Waals surface area contributed by atoms with Crippen LogP contribution in [0.3, 0.4) is 0 Å². The Labute approximate surface area is 94.8 Å². The van der Waals surface area contributed by atoms with Crippen LogP contribution in [-0.4, -0.2) is 38.4 Å². The van der Waals surface area contributed by atoms with E-state index in [1.165, 1.54) is 6.20 Å². The van der Waals surface area contributed by atoms with Crippen LogP contribution in [0.1, 0.15) is 12.6 Å². The molecule has 0 bridgehead atoms. The van der Waals surface area contributed by atoms with Crippen LogP contribution < -0.4 is 11.2 Å². The Kier molecular flexibility index (Phi) is 3.09. The minimum atomic E-state index is -1.10. The Hall–Kier alpha value is -1.51. The van der Waals surface area contributed by atoms with Crippen LogP contribution in [-0.2, 0) is 4.74 Å². The highest BCUT2D eigenvalue weighted by molar-refractivity contribution is 4.88. The standard InChI is InChI=1S/C9H12FN3O4/c10-13-7(11)1-2-12(9(13)16)8-6(15)3-5(4-14)17-8/h1-2,5-6,8,11,14-15H,3-4H2/t5-,6+,8+/m0/s1. The average Bonchev–Trinajstić information content (AvgIpc) is 2.68. The van der Waals surface area contributed by atoms with Crippen LogP contribution in [0, 0.1) is 5.41 Å². The molecule has 0 saturated carbocycles. The van der Waals surface area contributed by atoms with E-state index in [1.807, 2.05) is 0 Å². The second kappa shape index (κ2) is 4.40. The summed E-state index contributed by atoms with van der Waals surface area (Å²) in [5.74, 6) is 0. The molecule has 94 valence electrons. The second-order valence-electron chi connectivity index (χ2n) is 3.81. The minimum absolute atomic E-state index is 0.169. The van der Waals surface area contributed by atoms with Gasteiger partial charge in [0.15, 0.2) is 11.7 Å². The highest BCUT2D eigenvalue weighted by atomic mass is 19.2. The largest absolute Gasteiger partial charge is 0.394 e. The van der Waals surface area contributed by atoms with Crippen molar-refractivity contribution in [3.05, 3.63) is 28.2 Å². The quantitative estimate of drug-likeness (QED) is 0.590. The molecule has 3 N–H and O–H groups in total. The Morgan fingerprint density at radius 1 is 1.65 bits per heavy atom. The summed E-state index contributed by atoms with van der Waals surface area (Å²) < 4.78 is 19.2. The first-order chi connectivity index (χ1) is 8.04. The van der Waals surface area contributed by atoms with Gasteiger partial charge in [0.25, 0.3) is 0 Å². The van der Waals surface area contributed by atoms with Gasteiger partial charge in [-0.15, -0.1) is 4.79 Å². The summed E-state index contributed by atoms with van der Waals surface area (Å²) >= 11 is 0. The number of nitrogens with one attached hydrogen (secondary N) is 1. The number of aromatic nitrogens is 2. The molecule has 1 aliphatic heterocycles. The lowest BCUT2D eigenvalue weighted by atomic mass is 10.2. The highest BCUT2D eigenvalue weighted by Gasteiger charge is 2.35. The number of hydrogen-bond acceptors (Lipinski definition) is 5. The van der Waals surface area contributed by atoms with Gasteiger partial charge in [0.2, 0.25) is 0 Å². The number of hydrogen-bond donors (Lipinski definition) is 3. The fourth-order valence-electron chi connectivity index (χ4n) is 1.78. The van der Waals surface area contributed by atoms with E-state index in [4.69, 9.17) is 15.3 Å². The van der Waals surface area contributed by atoms with E-state index < -0.39 is 29.6 Å². The number of rotatable bonds is 2. The Balaban J connectivity index is 2.39. The SMILES string of the molecule is N=c1ccn([C@@H]2O[C@H](CO)C[C@H]2O)c(=O)n1F. The Bertz CT molecular complexity index is 526. The van der Waals surface area contributed by atoms with Crippen molar-refractivity contribution in [2.45, 2.75) is 24.9 Å². The zero-order valence-corrected chi connectivity index (χ0v) is 8.78. The van der Waals surface area contributed by atoms with Gasteiger partial charge in [0.05, 0.1) is 12.7 Å². The lowest BCUT2D eigenvalue weighted by Crippen LogP contribution is -2.39. The Morgan fingerprint density at radius 3 is 2.94 bits per heavy atom. The van der Waals surface area contributed by atoms with Crippen LogP contribution in [0.15, 0.2) is 17.1 Å². The molecule has 0 spiro atoms. The van der Waals surface area contributed by atoms with Crippen molar-refractivity contribution in [1.29, 1.82) is 5.41 Å². The minimum Gasteiger partial charge on any atom is -0.394 e. The van der Waals surface area contributed by atoms with Crippen LogP contribution in [0.2, 0.25) is 0 Å². The molecule has 0 amide bonds. The average molecular weight is 245 g/mol. The summed E-state index contributed by atoms with van der Waals surface area (Å²) in [7, 11) is 0. The topological polar surface area (TPSA) is 100 Å². The number of halogens is 1. The molecule has 0 aromatic carbocycles. The molecule has 2 heterocycles. The van der Waals surface area contributed by atoms with Crippen molar-refractivity contribution in [3.8, 4) is 0 Å². The maximum atomic E-state index is 13.2. The van der Waals surface area contributed by atoms with E-state index in [2.05, 4.69) is 0 Å². The number of nitrogens with zero attached hydrogens (tertiary/aromatic N) is 2. The van der Waals surface area contributed by atoms with Gasteiger partial charge in [-0.2, -0.15) is 0 Å². The van der Waals surface area contributed by atoms with E-state index in [-0.39, 0.29) is 17.8 Å². The molecular formula is C9H12FN3O4. The van der Waals surface area contributed by atoms with E-state index in [0.29, 0.717) is 0 Å². The van der Waals surface area contributed by atoms with Crippen molar-refractivity contribution in [3.63, 3.8) is 0 Å². The first-order valence-electron chi connectivity index (χ1n) is 5.04. The summed E-state index contributed by atoms with van der Waals surface area (Å²) in [4.78, 5) is 11.1. The van der Waals surface area contributed by atoms with Crippen molar-refractivity contribution in [2.24, 2.45) is 0 Å². The van der Waals surface area contributed by atoms with E-state index in [9.17, 15) is 14.4 Å². The zero-order chi connectivity index (χ0) is 12.6. The molecule has 2 rings (SSSR count). The summed E-state index contributed by atoms with van der Waals surface area (Å²) in [5, 5.41) is 25.6. The van der Waals surface area contributed by atoms with Gasteiger partial charge in [0, 0.05) is 12.6 Å². The van der Waals surface area contributed by atoms with Crippen molar-refractivity contribution in [2.75, 3.05) is 6.61 Å². The van der Waals surface area contributed by atoms with Gasteiger partial charge in [0.1, 0.15) is 6.10 Å². The van der Waals surface area contributed by atoms with Crippen molar-refractivity contribution >= 4 is 0 Å². The van der Waals surface area contributed by atoms with Crippen LogP contribution in [0.5, 0.6) is 0 Å². The monoisotopic (exact) mass is 245 g/mol. The molecule has 1 aromatic rings. The number of aliphatic hydroxyl groups excluding tert-OH is 2. The normalized spacial score (nSPS) is 28.5. The predicted octanol–water partition coefficient (Wildman–Crippen LogP) is -1.50. The third kappa shape index (κ3) is 2.02. The zero-order valence-electron chi connectivity index (χ0n) is 8.78. The van der Waals surface area contributed by atoms with Gasteiger partial charge in [-0.1, -0.05) is 4.48 Å². The molecule has 1 saturated heterocycles. The third-order valence-electron chi connectivity index (χ3n) is 2.64. The molecule has 1 aliphatic rings. The predicted molar refractivity (Wildman–Crippen MR) is 52.7 cm³/mol. The van der Waals surface area contributed by atoms with Crippen molar-refractivity contribution in [1.82, 2.24) is 9.36 Å². The first-order valence-corrected chi connectivity index (χ1v) is 5.04. The molecule has 8 heteroatoms. The molecule has 3 atom stereocenters. The molecule has 0 radical (unpaired) electrons.